The first kappa shape index (κ1) is 18.7. The maximum absolute atomic E-state index is 5.90. The molecule has 0 bridgehead atoms. The van der Waals surface area contributed by atoms with Crippen LogP contribution in [0.2, 0.25) is 5.02 Å². The van der Waals surface area contributed by atoms with E-state index in [1.165, 1.54) is 0 Å². The van der Waals surface area contributed by atoms with Gasteiger partial charge in [-0.05, 0) is 12.1 Å². The topological polar surface area (TPSA) is 28.2 Å². The molecule has 1 aliphatic heterocycles. The minimum Gasteiger partial charge on any atom is -0.314 e. The van der Waals surface area contributed by atoms with Crippen molar-refractivity contribution in [1.82, 2.24) is 15.2 Å². The highest BCUT2D eigenvalue weighted by Gasteiger charge is 2.12. The van der Waals surface area contributed by atoms with Crippen molar-refractivity contribution in [2.24, 2.45) is 0 Å². The zero-order chi connectivity index (χ0) is 13.1. The van der Waals surface area contributed by atoms with Crippen LogP contribution < -0.4 is 5.32 Å². The lowest BCUT2D eigenvalue weighted by Crippen LogP contribution is -2.42. The highest BCUT2D eigenvalue weighted by Crippen LogP contribution is 2.25. The van der Waals surface area contributed by atoms with Crippen molar-refractivity contribution in [3.05, 3.63) is 40.4 Å². The number of nitrogens with one attached hydrogen (secondary N) is 1. The molecule has 1 N–H and O–H groups in total. The molecule has 3 rings (SSSR count). The van der Waals surface area contributed by atoms with Gasteiger partial charge in [-0.1, -0.05) is 23.7 Å². The second-order valence-corrected chi connectivity index (χ2v) is 5.97. The van der Waals surface area contributed by atoms with Crippen molar-refractivity contribution < 1.29 is 0 Å². The van der Waals surface area contributed by atoms with Crippen molar-refractivity contribution in [1.29, 1.82) is 0 Å². The molecule has 1 aliphatic rings. The molecule has 0 unspecified atom stereocenters. The van der Waals surface area contributed by atoms with Crippen LogP contribution in [0.3, 0.4) is 0 Å². The van der Waals surface area contributed by atoms with Gasteiger partial charge in [0, 0.05) is 48.7 Å². The molecule has 0 atom stereocenters. The Morgan fingerprint density at radius 1 is 1.14 bits per heavy atom. The zero-order valence-corrected chi connectivity index (χ0v) is 14.6. The van der Waals surface area contributed by atoms with E-state index >= 15 is 0 Å². The van der Waals surface area contributed by atoms with Crippen LogP contribution in [0.5, 0.6) is 0 Å². The summed E-state index contributed by atoms with van der Waals surface area (Å²) in [6, 6.07) is 7.87. The minimum absolute atomic E-state index is 0. The summed E-state index contributed by atoms with van der Waals surface area (Å²) in [5.74, 6) is 0. The summed E-state index contributed by atoms with van der Waals surface area (Å²) >= 11 is 7.60. The Bertz CT molecular complexity index is 539. The predicted octanol–water partition coefficient (Wildman–Crippen LogP) is 3.71. The van der Waals surface area contributed by atoms with Gasteiger partial charge in [-0.15, -0.1) is 36.2 Å². The number of aromatic nitrogens is 1. The van der Waals surface area contributed by atoms with E-state index in [0.717, 1.165) is 54.0 Å². The number of benzene rings is 1. The average Bonchev–Trinajstić information content (AvgIpc) is 2.89. The summed E-state index contributed by atoms with van der Waals surface area (Å²) in [5, 5.41) is 7.36. The molecule has 0 amide bonds. The fourth-order valence-corrected chi connectivity index (χ4v) is 3.15. The third kappa shape index (κ3) is 5.09. The smallest absolute Gasteiger partial charge is 0.123 e. The molecule has 2 heterocycles. The maximum Gasteiger partial charge on any atom is 0.123 e. The zero-order valence-electron chi connectivity index (χ0n) is 11.4. The fraction of sp³-hybridized carbons (Fsp3) is 0.357. The summed E-state index contributed by atoms with van der Waals surface area (Å²) < 4.78 is 0. The van der Waals surface area contributed by atoms with Crippen molar-refractivity contribution in [2.75, 3.05) is 26.2 Å². The van der Waals surface area contributed by atoms with Gasteiger partial charge >= 0.3 is 0 Å². The number of rotatable bonds is 3. The van der Waals surface area contributed by atoms with Crippen molar-refractivity contribution in [3.8, 4) is 10.6 Å². The third-order valence-electron chi connectivity index (χ3n) is 3.24. The Hall–Kier alpha value is -0.360. The van der Waals surface area contributed by atoms with Crippen LogP contribution in [0.15, 0.2) is 29.6 Å². The monoisotopic (exact) mass is 365 g/mol. The molecule has 1 aromatic heterocycles. The summed E-state index contributed by atoms with van der Waals surface area (Å²) in [5.41, 5.74) is 2.30. The molecule has 0 saturated carbocycles. The Kier molecular flexibility index (Phi) is 7.95. The Labute approximate surface area is 146 Å². The molecule has 7 heteroatoms. The second kappa shape index (κ2) is 8.93. The highest BCUT2D eigenvalue weighted by atomic mass is 35.5. The summed E-state index contributed by atoms with van der Waals surface area (Å²) in [6.07, 6.45) is 0. The van der Waals surface area contributed by atoms with Crippen LogP contribution in [-0.4, -0.2) is 36.1 Å². The van der Waals surface area contributed by atoms with Crippen LogP contribution in [0.25, 0.3) is 10.6 Å². The van der Waals surface area contributed by atoms with E-state index in [1.807, 2.05) is 24.3 Å². The van der Waals surface area contributed by atoms with Crippen molar-refractivity contribution >= 4 is 47.8 Å². The first-order valence-corrected chi connectivity index (χ1v) is 7.70. The standard InChI is InChI=1S/C14H16ClN3S.2ClH/c15-12-3-1-11(2-4-12)14-17-13(10-19-14)9-18-7-5-16-6-8-18;;/h1-4,10,16H,5-9H2;2*1H. The van der Waals surface area contributed by atoms with Crippen LogP contribution in [0, 0.1) is 0 Å². The van der Waals surface area contributed by atoms with E-state index in [4.69, 9.17) is 16.6 Å². The van der Waals surface area contributed by atoms with Crippen molar-refractivity contribution in [3.63, 3.8) is 0 Å². The lowest BCUT2D eigenvalue weighted by atomic mass is 10.2. The molecular weight excluding hydrogens is 349 g/mol. The number of hydrogen-bond acceptors (Lipinski definition) is 4. The third-order valence-corrected chi connectivity index (χ3v) is 4.43. The number of piperazine rings is 1. The molecule has 3 nitrogen and oxygen atoms in total. The Morgan fingerprint density at radius 2 is 1.81 bits per heavy atom. The number of halogens is 3. The van der Waals surface area contributed by atoms with Gasteiger partial charge in [0.1, 0.15) is 5.01 Å². The molecule has 0 spiro atoms. The van der Waals surface area contributed by atoms with Crippen molar-refractivity contribution in [2.45, 2.75) is 6.54 Å². The van der Waals surface area contributed by atoms with Gasteiger partial charge in [-0.3, -0.25) is 4.90 Å². The van der Waals surface area contributed by atoms with Gasteiger partial charge in [0.2, 0.25) is 0 Å². The van der Waals surface area contributed by atoms with Crippen LogP contribution in [0.4, 0.5) is 0 Å². The molecule has 1 fully saturated rings. The van der Waals surface area contributed by atoms with E-state index in [0.29, 0.717) is 0 Å². The molecule has 0 aliphatic carbocycles. The van der Waals surface area contributed by atoms with E-state index in [1.54, 1.807) is 11.3 Å². The van der Waals surface area contributed by atoms with E-state index in [9.17, 15) is 0 Å². The van der Waals surface area contributed by atoms with Gasteiger partial charge in [0.15, 0.2) is 0 Å². The summed E-state index contributed by atoms with van der Waals surface area (Å²) in [7, 11) is 0. The van der Waals surface area contributed by atoms with Gasteiger partial charge in [0.05, 0.1) is 5.69 Å². The minimum atomic E-state index is 0. The van der Waals surface area contributed by atoms with E-state index < -0.39 is 0 Å². The normalized spacial score (nSPS) is 15.1. The molecule has 0 radical (unpaired) electrons. The molecule has 116 valence electrons. The predicted molar refractivity (Wildman–Crippen MR) is 95.2 cm³/mol. The molecule has 1 saturated heterocycles. The Balaban J connectivity index is 0.00000110. The summed E-state index contributed by atoms with van der Waals surface area (Å²) in [6.45, 7) is 5.32. The molecule has 1 aromatic carbocycles. The number of thiazole rings is 1. The van der Waals surface area contributed by atoms with Crippen LogP contribution in [0.1, 0.15) is 5.69 Å². The number of hydrogen-bond donors (Lipinski definition) is 1. The van der Waals surface area contributed by atoms with E-state index in [-0.39, 0.29) is 24.8 Å². The molecular formula is C14H18Cl3N3S. The molecule has 2 aromatic rings. The second-order valence-electron chi connectivity index (χ2n) is 4.68. The first-order valence-electron chi connectivity index (χ1n) is 6.45. The molecule has 21 heavy (non-hydrogen) atoms. The maximum atomic E-state index is 5.90. The lowest BCUT2D eigenvalue weighted by molar-refractivity contribution is 0.231. The van der Waals surface area contributed by atoms with Crippen LogP contribution in [-0.2, 0) is 6.54 Å². The summed E-state index contributed by atoms with van der Waals surface area (Å²) in [4.78, 5) is 7.16. The van der Waals surface area contributed by atoms with Gasteiger partial charge in [-0.2, -0.15) is 0 Å². The first-order chi connectivity index (χ1) is 9.31. The van der Waals surface area contributed by atoms with Gasteiger partial charge in [-0.25, -0.2) is 4.98 Å². The largest absolute Gasteiger partial charge is 0.314 e. The van der Waals surface area contributed by atoms with Gasteiger partial charge < -0.3 is 5.32 Å². The Morgan fingerprint density at radius 3 is 2.48 bits per heavy atom. The SMILES string of the molecule is Cl.Cl.Clc1ccc(-c2nc(CN3CCNCC3)cs2)cc1. The van der Waals surface area contributed by atoms with E-state index in [2.05, 4.69) is 15.6 Å². The fourth-order valence-electron chi connectivity index (χ4n) is 2.20. The average molecular weight is 367 g/mol. The van der Waals surface area contributed by atoms with Gasteiger partial charge in [0.25, 0.3) is 0 Å². The lowest BCUT2D eigenvalue weighted by Gasteiger charge is -2.26. The quantitative estimate of drug-likeness (QED) is 0.897. The highest BCUT2D eigenvalue weighted by molar-refractivity contribution is 7.13. The number of nitrogens with zero attached hydrogens (tertiary/aromatic N) is 2. The van der Waals surface area contributed by atoms with Crippen LogP contribution >= 0.6 is 47.8 Å².